The number of anilines is 1. The molecule has 9 heteroatoms. The molecule has 1 aliphatic heterocycles. The lowest BCUT2D eigenvalue weighted by atomic mass is 10.3. The lowest BCUT2D eigenvalue weighted by molar-refractivity contribution is 0.258. The maximum Gasteiger partial charge on any atom is 0.238 e. The van der Waals surface area contributed by atoms with Crippen molar-refractivity contribution in [1.29, 1.82) is 0 Å². The van der Waals surface area contributed by atoms with Gasteiger partial charge in [0.15, 0.2) is 5.01 Å². The number of sulfonamides is 1. The molecule has 0 bridgehead atoms. The highest BCUT2D eigenvalue weighted by Gasteiger charge is 2.26. The van der Waals surface area contributed by atoms with Gasteiger partial charge in [0.2, 0.25) is 16.3 Å². The van der Waals surface area contributed by atoms with Crippen molar-refractivity contribution in [2.75, 3.05) is 5.32 Å². The first-order valence-corrected chi connectivity index (χ1v) is 7.22. The van der Waals surface area contributed by atoms with Gasteiger partial charge in [-0.15, -0.1) is 0 Å². The van der Waals surface area contributed by atoms with E-state index in [1.807, 2.05) is 0 Å². The van der Waals surface area contributed by atoms with Crippen LogP contribution in [0.1, 0.15) is 11.2 Å². The zero-order valence-corrected chi connectivity index (χ0v) is 10.5. The molecular weight excluding hydrogens is 276 g/mol. The lowest BCUT2D eigenvalue weighted by Gasteiger charge is -2.05. The average molecular weight is 284 g/mol. The molecule has 0 radical (unpaired) electrons. The summed E-state index contributed by atoms with van der Waals surface area (Å²) >= 11 is 1.21. The minimum atomic E-state index is -3.73. The first-order valence-electron chi connectivity index (χ1n) is 4.91. The van der Waals surface area contributed by atoms with Crippen LogP contribution in [-0.2, 0) is 10.0 Å². The van der Waals surface area contributed by atoms with Crippen molar-refractivity contribution in [1.82, 2.24) is 9.36 Å². The van der Waals surface area contributed by atoms with Crippen LogP contribution in [0.15, 0.2) is 29.4 Å². The van der Waals surface area contributed by atoms with Crippen molar-refractivity contribution < 1.29 is 13.2 Å². The molecule has 1 aliphatic rings. The van der Waals surface area contributed by atoms with Crippen LogP contribution >= 0.6 is 11.5 Å². The van der Waals surface area contributed by atoms with Gasteiger partial charge in [0.25, 0.3) is 0 Å². The molecule has 0 spiro atoms. The van der Waals surface area contributed by atoms with Gasteiger partial charge in [-0.3, -0.25) is 0 Å². The van der Waals surface area contributed by atoms with Crippen molar-refractivity contribution in [2.45, 2.75) is 11.1 Å². The number of ether oxygens (including phenoxy) is 1. The molecule has 0 unspecified atom stereocenters. The summed E-state index contributed by atoms with van der Waals surface area (Å²) in [5.74, 6) is 0.432. The number of fused-ring (bicyclic) bond motifs is 1. The van der Waals surface area contributed by atoms with E-state index in [4.69, 9.17) is 9.88 Å². The van der Waals surface area contributed by atoms with Gasteiger partial charge < -0.3 is 10.1 Å². The summed E-state index contributed by atoms with van der Waals surface area (Å²) in [6, 6.07) is 4.42. The summed E-state index contributed by atoms with van der Waals surface area (Å²) in [6.45, 7) is 0. The van der Waals surface area contributed by atoms with Gasteiger partial charge >= 0.3 is 0 Å². The Hall–Kier alpha value is -1.71. The Bertz CT molecular complexity index is 684. The van der Waals surface area contributed by atoms with Gasteiger partial charge in [0.05, 0.1) is 10.6 Å². The topological polar surface area (TPSA) is 107 Å². The van der Waals surface area contributed by atoms with E-state index in [0.29, 0.717) is 16.4 Å². The Labute approximate surface area is 107 Å². The van der Waals surface area contributed by atoms with E-state index in [9.17, 15) is 8.42 Å². The quantitative estimate of drug-likeness (QED) is 0.840. The lowest BCUT2D eigenvalue weighted by Crippen LogP contribution is -2.11. The highest BCUT2D eigenvalue weighted by atomic mass is 32.2. The number of primary sulfonamides is 1. The fourth-order valence-corrected chi connectivity index (χ4v) is 2.63. The molecule has 3 N–H and O–H groups in total. The van der Waals surface area contributed by atoms with Crippen LogP contribution < -0.4 is 15.2 Å². The fraction of sp³-hybridized carbons (Fsp3) is 0.111. The maximum absolute atomic E-state index is 11.2. The van der Waals surface area contributed by atoms with E-state index >= 15 is 0 Å². The van der Waals surface area contributed by atoms with Gasteiger partial charge in [-0.1, -0.05) is 0 Å². The van der Waals surface area contributed by atoms with Crippen molar-refractivity contribution in [2.24, 2.45) is 5.14 Å². The van der Waals surface area contributed by atoms with Crippen molar-refractivity contribution >= 4 is 27.2 Å². The largest absolute Gasteiger partial charge is 0.462 e. The summed E-state index contributed by atoms with van der Waals surface area (Å²) in [5, 5.41) is 8.79. The fourth-order valence-electron chi connectivity index (χ4n) is 1.60. The maximum atomic E-state index is 11.2. The van der Waals surface area contributed by atoms with Crippen LogP contribution in [0.25, 0.3) is 0 Å². The molecule has 1 aromatic carbocycles. The second-order valence-electron chi connectivity index (χ2n) is 3.62. The van der Waals surface area contributed by atoms with Crippen LogP contribution in [-0.4, -0.2) is 17.8 Å². The van der Waals surface area contributed by atoms with Crippen LogP contribution in [0.4, 0.5) is 5.69 Å². The number of rotatable bonds is 2. The minimum Gasteiger partial charge on any atom is -0.462 e. The number of hydrogen-bond acceptors (Lipinski definition) is 7. The Morgan fingerprint density at radius 1 is 1.44 bits per heavy atom. The van der Waals surface area contributed by atoms with Crippen molar-refractivity contribution in [3.05, 3.63) is 29.5 Å². The Balaban J connectivity index is 1.95. The first kappa shape index (κ1) is 11.4. The molecular formula is C9H8N4O3S2. The molecule has 1 aromatic heterocycles. The third-order valence-electron chi connectivity index (χ3n) is 2.42. The predicted molar refractivity (Wildman–Crippen MR) is 64.7 cm³/mol. The third-order valence-corrected chi connectivity index (χ3v) is 4.03. The number of aromatic nitrogens is 2. The third kappa shape index (κ3) is 1.92. The van der Waals surface area contributed by atoms with Gasteiger partial charge in [0, 0.05) is 6.07 Å². The first-order chi connectivity index (χ1) is 8.54. The van der Waals surface area contributed by atoms with Crippen molar-refractivity contribution in [3.63, 3.8) is 0 Å². The summed E-state index contributed by atoms with van der Waals surface area (Å²) in [4.78, 5) is 4.04. The highest BCUT2D eigenvalue weighted by Crippen LogP contribution is 2.39. The average Bonchev–Trinajstić information content (AvgIpc) is 2.95. The number of nitrogens with one attached hydrogen (secondary N) is 1. The van der Waals surface area contributed by atoms with Gasteiger partial charge in [0.1, 0.15) is 12.1 Å². The predicted octanol–water partition coefficient (Wildman–Crippen LogP) is 0.689. The summed E-state index contributed by atoms with van der Waals surface area (Å²) in [6.07, 6.45) is 0.993. The molecule has 1 atom stereocenters. The summed E-state index contributed by atoms with van der Waals surface area (Å²) < 4.78 is 31.9. The molecule has 2 aromatic rings. The normalized spacial score (nSPS) is 17.9. The minimum absolute atomic E-state index is 0.0148. The van der Waals surface area contributed by atoms with Crippen LogP contribution in [0, 0.1) is 0 Å². The highest BCUT2D eigenvalue weighted by molar-refractivity contribution is 7.89. The second-order valence-corrected chi connectivity index (χ2v) is 6.00. The molecule has 0 amide bonds. The smallest absolute Gasteiger partial charge is 0.238 e. The van der Waals surface area contributed by atoms with Crippen molar-refractivity contribution in [3.8, 4) is 5.75 Å². The molecule has 0 saturated heterocycles. The number of nitrogens with two attached hydrogens (primary N) is 1. The van der Waals surface area contributed by atoms with Gasteiger partial charge in [-0.2, -0.15) is 4.37 Å². The van der Waals surface area contributed by atoms with Crippen LogP contribution in [0.2, 0.25) is 0 Å². The van der Waals surface area contributed by atoms with Crippen LogP contribution in [0.3, 0.4) is 0 Å². The molecule has 18 heavy (non-hydrogen) atoms. The Morgan fingerprint density at radius 3 is 2.94 bits per heavy atom. The number of hydrogen-bond donors (Lipinski definition) is 2. The molecule has 94 valence electrons. The standard InChI is InChI=1S/C9H8N4O3S2/c10-18(14,15)5-1-2-6-7(3-5)16-8(13-6)9-11-4-12-17-9/h1-4,8,13H,(H2,10,14,15)/t8-/m1/s1. The van der Waals surface area contributed by atoms with Gasteiger partial charge in [-0.25, -0.2) is 18.5 Å². The van der Waals surface area contributed by atoms with E-state index < -0.39 is 16.3 Å². The number of benzene rings is 1. The Morgan fingerprint density at radius 2 is 2.28 bits per heavy atom. The van der Waals surface area contributed by atoms with E-state index in [1.54, 1.807) is 6.07 Å². The molecule has 0 aliphatic carbocycles. The van der Waals surface area contributed by atoms with E-state index in [0.717, 1.165) is 0 Å². The zero-order valence-electron chi connectivity index (χ0n) is 8.90. The summed E-state index contributed by atoms with van der Waals surface area (Å²) in [5.41, 5.74) is 0.697. The Kier molecular flexibility index (Phi) is 2.47. The van der Waals surface area contributed by atoms with E-state index in [1.165, 1.54) is 30.0 Å². The van der Waals surface area contributed by atoms with E-state index in [-0.39, 0.29) is 4.90 Å². The molecule has 2 heterocycles. The summed E-state index contributed by atoms with van der Waals surface area (Å²) in [7, 11) is -3.73. The molecule has 0 saturated carbocycles. The monoisotopic (exact) mass is 284 g/mol. The SMILES string of the molecule is NS(=O)(=O)c1ccc2c(c1)O[C@H](c1ncns1)N2. The zero-order chi connectivity index (χ0) is 12.8. The van der Waals surface area contributed by atoms with Crippen LogP contribution in [0.5, 0.6) is 5.75 Å². The number of nitrogens with zero attached hydrogens (tertiary/aromatic N) is 2. The van der Waals surface area contributed by atoms with E-state index in [2.05, 4.69) is 14.7 Å². The molecule has 7 nitrogen and oxygen atoms in total. The van der Waals surface area contributed by atoms with Gasteiger partial charge in [-0.05, 0) is 23.7 Å². The molecule has 0 fully saturated rings. The molecule has 3 rings (SSSR count). The second kappa shape index (κ2) is 3.90.